The summed E-state index contributed by atoms with van der Waals surface area (Å²) in [4.78, 5) is 15.7. The highest BCUT2D eigenvalue weighted by atomic mass is 16.7. The van der Waals surface area contributed by atoms with Crippen LogP contribution in [0.15, 0.2) is 103 Å². The molecule has 1 aliphatic heterocycles. The molecule has 1 heterocycles. The van der Waals surface area contributed by atoms with Crippen LogP contribution in [-0.2, 0) is 22.6 Å². The number of hydrogen-bond acceptors (Lipinski definition) is 5. The van der Waals surface area contributed by atoms with Crippen molar-refractivity contribution < 1.29 is 19.4 Å². The van der Waals surface area contributed by atoms with Gasteiger partial charge in [0, 0.05) is 36.2 Å². The molecule has 2 amide bonds. The topological polar surface area (TPSA) is 83.1 Å². The number of likely N-dealkylation sites (N-methyl/N-ethyl adjacent to an activating group) is 1. The minimum Gasteiger partial charge on any atom is -0.392 e. The van der Waals surface area contributed by atoms with E-state index in [2.05, 4.69) is 121 Å². The lowest BCUT2D eigenvalue weighted by Crippen LogP contribution is -2.61. The molecule has 7 nitrogen and oxygen atoms in total. The van der Waals surface area contributed by atoms with Crippen LogP contribution in [0.25, 0.3) is 11.1 Å². The maximum atomic E-state index is 13.3. The van der Waals surface area contributed by atoms with Crippen molar-refractivity contribution in [3.8, 4) is 11.1 Å². The number of aliphatic hydroxyl groups excluding tert-OH is 1. The third kappa shape index (κ3) is 7.81. The van der Waals surface area contributed by atoms with E-state index in [0.29, 0.717) is 6.54 Å². The average molecular weight is 714 g/mol. The van der Waals surface area contributed by atoms with Crippen molar-refractivity contribution in [1.29, 1.82) is 0 Å². The van der Waals surface area contributed by atoms with Gasteiger partial charge in [0.05, 0.1) is 18.8 Å². The number of nitrogens with one attached hydrogen (secondary N) is 2. The van der Waals surface area contributed by atoms with Gasteiger partial charge >= 0.3 is 6.03 Å². The third-order valence-corrected chi connectivity index (χ3v) is 12.9. The molecule has 4 saturated carbocycles. The first-order valence-electron chi connectivity index (χ1n) is 19.8. The van der Waals surface area contributed by atoms with Gasteiger partial charge in [-0.2, -0.15) is 0 Å². The summed E-state index contributed by atoms with van der Waals surface area (Å²) in [5.41, 5.74) is 7.46. The summed E-state index contributed by atoms with van der Waals surface area (Å²) in [6.07, 6.45) is 6.71. The SMILES string of the molecule is C[C@H]1[C@@H](CN(C)[C@@H](C)c2ccccc2)O[C@@H](c2ccc(-c3ccccc3CNC(=O)NC34CC5CC(CC(C5)C3)C4)cc2)O[C@H]1c1ccc(CO)cc1. The van der Waals surface area contributed by atoms with Crippen LogP contribution in [0.3, 0.4) is 0 Å². The molecule has 7 heteroatoms. The van der Waals surface area contributed by atoms with Crippen LogP contribution in [0, 0.1) is 23.7 Å². The quantitative estimate of drug-likeness (QED) is 0.145. The number of nitrogens with zero attached hydrogens (tertiary/aromatic N) is 1. The van der Waals surface area contributed by atoms with Gasteiger partial charge < -0.3 is 25.2 Å². The van der Waals surface area contributed by atoms with Crippen LogP contribution in [0.5, 0.6) is 0 Å². The molecule has 5 fully saturated rings. The number of ether oxygens (including phenoxy) is 2. The van der Waals surface area contributed by atoms with Gasteiger partial charge in [-0.15, -0.1) is 0 Å². The summed E-state index contributed by atoms with van der Waals surface area (Å²) in [6, 6.07) is 35.7. The largest absolute Gasteiger partial charge is 0.392 e. The van der Waals surface area contributed by atoms with Gasteiger partial charge in [0.2, 0.25) is 0 Å². The van der Waals surface area contributed by atoms with Gasteiger partial charge in [-0.25, -0.2) is 4.79 Å². The molecule has 0 radical (unpaired) electrons. The van der Waals surface area contributed by atoms with Gasteiger partial charge in [-0.05, 0) is 104 Å². The molecule has 4 aromatic rings. The third-order valence-electron chi connectivity index (χ3n) is 12.9. The molecule has 5 aliphatic rings. The molecule has 53 heavy (non-hydrogen) atoms. The zero-order valence-corrected chi connectivity index (χ0v) is 31.4. The molecule has 4 aliphatic carbocycles. The maximum Gasteiger partial charge on any atom is 0.315 e. The second kappa shape index (κ2) is 15.4. The van der Waals surface area contributed by atoms with Crippen molar-refractivity contribution in [3.05, 3.63) is 131 Å². The van der Waals surface area contributed by atoms with Crippen LogP contribution >= 0.6 is 0 Å². The van der Waals surface area contributed by atoms with Crippen molar-refractivity contribution >= 4 is 6.03 Å². The minimum atomic E-state index is -0.543. The predicted octanol–water partition coefficient (Wildman–Crippen LogP) is 9.10. The first kappa shape index (κ1) is 36.0. The monoisotopic (exact) mass is 713 g/mol. The summed E-state index contributed by atoms with van der Waals surface area (Å²) in [7, 11) is 2.16. The van der Waals surface area contributed by atoms with E-state index >= 15 is 0 Å². The number of aliphatic hydroxyl groups is 1. The molecule has 0 spiro atoms. The molecule has 5 atom stereocenters. The summed E-state index contributed by atoms with van der Waals surface area (Å²) in [5.74, 6) is 2.46. The van der Waals surface area contributed by atoms with Gasteiger partial charge in [-0.1, -0.05) is 110 Å². The molecular formula is C46H55N3O4. The van der Waals surface area contributed by atoms with Crippen molar-refractivity contribution in [2.45, 2.75) is 95.6 Å². The van der Waals surface area contributed by atoms with E-state index in [9.17, 15) is 9.90 Å². The lowest BCUT2D eigenvalue weighted by Gasteiger charge is -2.56. The summed E-state index contributed by atoms with van der Waals surface area (Å²) in [5, 5.41) is 16.3. The van der Waals surface area contributed by atoms with Crippen LogP contribution in [0.2, 0.25) is 0 Å². The molecule has 4 aromatic carbocycles. The molecule has 0 unspecified atom stereocenters. The van der Waals surface area contributed by atoms with Gasteiger partial charge in [0.15, 0.2) is 6.29 Å². The molecular weight excluding hydrogens is 659 g/mol. The second-order valence-electron chi connectivity index (χ2n) is 16.6. The van der Waals surface area contributed by atoms with E-state index in [-0.39, 0.29) is 42.3 Å². The van der Waals surface area contributed by atoms with E-state index in [1.807, 2.05) is 18.2 Å². The van der Waals surface area contributed by atoms with E-state index in [0.717, 1.165) is 76.9 Å². The highest BCUT2D eigenvalue weighted by molar-refractivity contribution is 5.76. The Bertz CT molecular complexity index is 1810. The summed E-state index contributed by atoms with van der Waals surface area (Å²) in [6.45, 7) is 5.68. The Labute approximate surface area is 315 Å². The second-order valence-corrected chi connectivity index (χ2v) is 16.6. The van der Waals surface area contributed by atoms with Gasteiger partial charge in [0.25, 0.3) is 0 Å². The smallest absolute Gasteiger partial charge is 0.315 e. The number of carbonyl (C=O) groups is 1. The van der Waals surface area contributed by atoms with E-state index in [1.54, 1.807) is 0 Å². The standard InChI is InChI=1S/C46H55N3O4/c1-30-42(28-49(3)31(2)36-9-5-4-6-10-36)52-44(53-43(30)38-15-13-32(29-50)14-16-38)39-19-17-37(18-20-39)41-12-8-7-11-40(41)27-47-45(51)48-46-24-33-21-34(25-46)23-35(22-33)26-46/h4-20,30-31,33-35,42-44,50H,21-29H2,1-3H3,(H2,47,48,51)/t30-,31-,33?,34?,35?,42+,43+,44+,46?/m0/s1. The number of carbonyl (C=O) groups excluding carboxylic acids is 1. The summed E-state index contributed by atoms with van der Waals surface area (Å²) < 4.78 is 13.6. The average Bonchev–Trinajstić information content (AvgIpc) is 3.17. The lowest BCUT2D eigenvalue weighted by molar-refractivity contribution is -0.276. The van der Waals surface area contributed by atoms with Crippen LogP contribution in [0.4, 0.5) is 4.79 Å². The van der Waals surface area contributed by atoms with Gasteiger partial charge in [0.1, 0.15) is 0 Å². The van der Waals surface area contributed by atoms with Crippen LogP contribution in [-0.4, -0.2) is 41.3 Å². The summed E-state index contributed by atoms with van der Waals surface area (Å²) >= 11 is 0. The number of hydrogen-bond donors (Lipinski definition) is 3. The molecule has 4 bridgehead atoms. The lowest BCUT2D eigenvalue weighted by atomic mass is 9.53. The number of urea groups is 1. The van der Waals surface area contributed by atoms with E-state index < -0.39 is 6.29 Å². The van der Waals surface area contributed by atoms with Crippen molar-refractivity contribution in [2.24, 2.45) is 23.7 Å². The Hall–Kier alpha value is -4.01. The van der Waals surface area contributed by atoms with Crippen LogP contribution in [0.1, 0.15) is 98.6 Å². The van der Waals surface area contributed by atoms with E-state index in [4.69, 9.17) is 9.47 Å². The zero-order chi connectivity index (χ0) is 36.5. The fraction of sp³-hybridized carbons (Fsp3) is 0.457. The molecule has 3 N–H and O–H groups in total. The molecule has 278 valence electrons. The number of rotatable bonds is 11. The molecule has 9 rings (SSSR count). The first-order chi connectivity index (χ1) is 25.8. The Balaban J connectivity index is 0.971. The fourth-order valence-corrected chi connectivity index (χ4v) is 10.3. The minimum absolute atomic E-state index is 0.00824. The molecule has 0 aromatic heterocycles. The Kier molecular flexibility index (Phi) is 10.4. The van der Waals surface area contributed by atoms with E-state index in [1.165, 1.54) is 24.8 Å². The fourth-order valence-electron chi connectivity index (χ4n) is 10.3. The van der Waals surface area contributed by atoms with Crippen molar-refractivity contribution in [3.63, 3.8) is 0 Å². The van der Waals surface area contributed by atoms with Crippen molar-refractivity contribution in [2.75, 3.05) is 13.6 Å². The molecule has 1 saturated heterocycles. The predicted molar refractivity (Wildman–Crippen MR) is 209 cm³/mol. The van der Waals surface area contributed by atoms with Crippen molar-refractivity contribution in [1.82, 2.24) is 15.5 Å². The maximum absolute atomic E-state index is 13.3. The Morgan fingerprint density at radius 3 is 2.11 bits per heavy atom. The normalized spacial score (nSPS) is 29.6. The number of benzene rings is 4. The number of amides is 2. The van der Waals surface area contributed by atoms with Crippen LogP contribution < -0.4 is 10.6 Å². The highest BCUT2D eigenvalue weighted by Crippen LogP contribution is 2.55. The van der Waals surface area contributed by atoms with Gasteiger partial charge in [-0.3, -0.25) is 4.90 Å². The first-order valence-corrected chi connectivity index (χ1v) is 19.8. The Morgan fingerprint density at radius 2 is 1.45 bits per heavy atom. The zero-order valence-electron chi connectivity index (χ0n) is 31.4. The highest BCUT2D eigenvalue weighted by Gasteiger charge is 2.51. The Morgan fingerprint density at radius 1 is 0.830 bits per heavy atom.